The molecule has 0 aliphatic rings. The largest absolute Gasteiger partial charge is 0.305 e. The molecule has 0 aliphatic carbocycles. The van der Waals surface area contributed by atoms with Crippen LogP contribution in [0.25, 0.3) is 0 Å². The van der Waals surface area contributed by atoms with Gasteiger partial charge >= 0.3 is 0 Å². The van der Waals surface area contributed by atoms with Gasteiger partial charge in [-0.1, -0.05) is 27.7 Å². The van der Waals surface area contributed by atoms with Crippen LogP contribution < -0.4 is 5.32 Å². The van der Waals surface area contributed by atoms with E-state index >= 15 is 0 Å². The minimum absolute atomic E-state index is 0.226. The summed E-state index contributed by atoms with van der Waals surface area (Å²) in [5.74, 6) is 0. The highest BCUT2D eigenvalue weighted by Crippen LogP contribution is 2.38. The van der Waals surface area contributed by atoms with Gasteiger partial charge in [0.1, 0.15) is 0 Å². The van der Waals surface area contributed by atoms with Crippen molar-refractivity contribution in [2.45, 2.75) is 52.5 Å². The van der Waals surface area contributed by atoms with E-state index in [1.807, 2.05) is 22.7 Å². The van der Waals surface area contributed by atoms with Gasteiger partial charge in [-0.3, -0.25) is 0 Å². The van der Waals surface area contributed by atoms with Crippen LogP contribution in [0.1, 0.15) is 60.4 Å². The summed E-state index contributed by atoms with van der Waals surface area (Å²) in [5, 5.41) is 3.71. The van der Waals surface area contributed by atoms with Crippen molar-refractivity contribution in [1.82, 2.24) is 5.32 Å². The minimum atomic E-state index is 0.226. The number of rotatable bonds is 5. The Bertz CT molecular complexity index is 573. The van der Waals surface area contributed by atoms with Gasteiger partial charge in [-0.25, -0.2) is 0 Å². The van der Waals surface area contributed by atoms with Gasteiger partial charge in [0, 0.05) is 14.6 Å². The van der Waals surface area contributed by atoms with Crippen molar-refractivity contribution in [3.63, 3.8) is 0 Å². The molecule has 1 unspecified atom stereocenters. The number of nitrogens with one attached hydrogen (secondary N) is 1. The highest BCUT2D eigenvalue weighted by molar-refractivity contribution is 9.11. The molecule has 2 heterocycles. The minimum Gasteiger partial charge on any atom is -0.305 e. The molecule has 0 spiro atoms. The van der Waals surface area contributed by atoms with Gasteiger partial charge in [0.15, 0.2) is 0 Å². The van der Waals surface area contributed by atoms with E-state index in [9.17, 15) is 0 Å². The zero-order chi connectivity index (χ0) is 15.6. The van der Waals surface area contributed by atoms with E-state index in [4.69, 9.17) is 0 Å². The Kier molecular flexibility index (Phi) is 5.69. The summed E-state index contributed by atoms with van der Waals surface area (Å²) in [6.45, 7) is 12.3. The lowest BCUT2D eigenvalue weighted by Crippen LogP contribution is -2.21. The molecule has 2 aromatic heterocycles. The predicted molar refractivity (Wildman–Crippen MR) is 99.9 cm³/mol. The lowest BCUT2D eigenvalue weighted by molar-refractivity contribution is 0.603. The van der Waals surface area contributed by atoms with Gasteiger partial charge in [0.05, 0.1) is 9.83 Å². The zero-order valence-corrected chi connectivity index (χ0v) is 16.6. The number of thiophene rings is 2. The van der Waals surface area contributed by atoms with Crippen molar-refractivity contribution < 1.29 is 0 Å². The summed E-state index contributed by atoms with van der Waals surface area (Å²) < 4.78 is 1.24. The van der Waals surface area contributed by atoms with Crippen LogP contribution in [0.2, 0.25) is 0 Å². The van der Waals surface area contributed by atoms with Gasteiger partial charge in [-0.15, -0.1) is 22.7 Å². The molecule has 0 amide bonds. The molecular weight excluding hydrogens is 362 g/mol. The Labute approximate surface area is 144 Å². The number of aryl methyl sites for hydroxylation is 1. The zero-order valence-electron chi connectivity index (χ0n) is 13.4. The fourth-order valence-corrected chi connectivity index (χ4v) is 5.07. The Hall–Kier alpha value is -0.160. The molecule has 0 bridgehead atoms. The lowest BCUT2D eigenvalue weighted by Gasteiger charge is -2.18. The first-order valence-corrected chi connectivity index (χ1v) is 9.85. The predicted octanol–water partition coefficient (Wildman–Crippen LogP) is 6.27. The molecule has 1 nitrogen and oxygen atoms in total. The molecule has 0 aromatic carbocycles. The van der Waals surface area contributed by atoms with Crippen LogP contribution in [0.4, 0.5) is 0 Å². The van der Waals surface area contributed by atoms with Crippen LogP contribution in [0.15, 0.2) is 22.0 Å². The summed E-state index contributed by atoms with van der Waals surface area (Å²) in [6.07, 6.45) is 1.15. The molecule has 0 radical (unpaired) electrons. The van der Waals surface area contributed by atoms with Crippen molar-refractivity contribution in [1.29, 1.82) is 0 Å². The molecule has 21 heavy (non-hydrogen) atoms. The van der Waals surface area contributed by atoms with Crippen LogP contribution in [-0.2, 0) is 5.41 Å². The molecule has 0 saturated carbocycles. The smallest absolute Gasteiger partial charge is 0.0765 e. The van der Waals surface area contributed by atoms with Crippen molar-refractivity contribution >= 4 is 38.6 Å². The van der Waals surface area contributed by atoms with Crippen LogP contribution >= 0.6 is 38.6 Å². The third-order valence-corrected chi connectivity index (χ3v) is 7.19. The van der Waals surface area contributed by atoms with E-state index in [0.717, 1.165) is 13.0 Å². The third-order valence-electron chi connectivity index (χ3n) is 3.41. The fraction of sp³-hybridized carbons (Fsp3) is 0.529. The Morgan fingerprint density at radius 3 is 2.38 bits per heavy atom. The van der Waals surface area contributed by atoms with Gasteiger partial charge in [0.2, 0.25) is 0 Å². The van der Waals surface area contributed by atoms with Crippen molar-refractivity contribution in [2.24, 2.45) is 0 Å². The van der Waals surface area contributed by atoms with E-state index in [0.29, 0.717) is 6.04 Å². The molecule has 0 aliphatic heterocycles. The molecule has 1 atom stereocenters. The average Bonchev–Trinajstić information content (AvgIpc) is 2.98. The van der Waals surface area contributed by atoms with Crippen molar-refractivity contribution in [3.8, 4) is 0 Å². The highest BCUT2D eigenvalue weighted by atomic mass is 79.9. The van der Waals surface area contributed by atoms with E-state index < -0.39 is 0 Å². The average molecular weight is 386 g/mol. The van der Waals surface area contributed by atoms with Gasteiger partial charge < -0.3 is 5.32 Å². The Morgan fingerprint density at radius 2 is 1.90 bits per heavy atom. The molecule has 2 rings (SSSR count). The molecule has 4 heteroatoms. The van der Waals surface area contributed by atoms with Crippen molar-refractivity contribution in [2.75, 3.05) is 6.54 Å². The second kappa shape index (κ2) is 6.95. The standard InChI is InChI=1S/C17H24BrNS2/c1-6-9-19-15(13-10-11(2)16(18)21-13)12-7-8-14(20-12)17(3,4)5/h7-8,10,15,19H,6,9H2,1-5H3. The topological polar surface area (TPSA) is 12.0 Å². The Balaban J connectivity index is 2.33. The second-order valence-corrected chi connectivity index (χ2v) is 9.96. The summed E-state index contributed by atoms with van der Waals surface area (Å²) in [5.41, 5.74) is 1.55. The molecular formula is C17H24BrNS2. The van der Waals surface area contributed by atoms with E-state index in [2.05, 4.69) is 74.1 Å². The van der Waals surface area contributed by atoms with Crippen LogP contribution in [0.3, 0.4) is 0 Å². The lowest BCUT2D eigenvalue weighted by atomic mass is 9.95. The molecule has 116 valence electrons. The van der Waals surface area contributed by atoms with E-state index in [-0.39, 0.29) is 5.41 Å². The number of halogens is 1. The highest BCUT2D eigenvalue weighted by Gasteiger charge is 2.22. The normalized spacial score (nSPS) is 13.6. The molecule has 0 fully saturated rings. The van der Waals surface area contributed by atoms with E-state index in [1.54, 1.807) is 0 Å². The maximum absolute atomic E-state index is 3.71. The third kappa shape index (κ3) is 4.19. The van der Waals surface area contributed by atoms with Crippen LogP contribution in [0, 0.1) is 6.92 Å². The Morgan fingerprint density at radius 1 is 1.19 bits per heavy atom. The van der Waals surface area contributed by atoms with Gasteiger partial charge in [-0.05, 0) is 65.0 Å². The van der Waals surface area contributed by atoms with Gasteiger partial charge in [-0.2, -0.15) is 0 Å². The summed E-state index contributed by atoms with van der Waals surface area (Å²) in [6, 6.07) is 7.21. The summed E-state index contributed by atoms with van der Waals surface area (Å²) >= 11 is 7.44. The molecule has 1 N–H and O–H groups in total. The van der Waals surface area contributed by atoms with Crippen LogP contribution in [-0.4, -0.2) is 6.54 Å². The SMILES string of the molecule is CCCNC(c1ccc(C(C)(C)C)s1)c1cc(C)c(Br)s1. The maximum atomic E-state index is 3.71. The number of hydrogen-bond acceptors (Lipinski definition) is 3. The maximum Gasteiger partial charge on any atom is 0.0765 e. The summed E-state index contributed by atoms with van der Waals surface area (Å²) in [7, 11) is 0. The second-order valence-electron chi connectivity index (χ2n) is 6.44. The first-order chi connectivity index (χ1) is 9.82. The molecule has 0 saturated heterocycles. The monoisotopic (exact) mass is 385 g/mol. The molecule has 2 aromatic rings. The first-order valence-electron chi connectivity index (χ1n) is 7.42. The first kappa shape index (κ1) is 17.2. The van der Waals surface area contributed by atoms with Crippen LogP contribution in [0.5, 0.6) is 0 Å². The quantitative estimate of drug-likeness (QED) is 0.639. The fourth-order valence-electron chi connectivity index (χ4n) is 2.17. The number of hydrogen-bond donors (Lipinski definition) is 1. The summed E-state index contributed by atoms with van der Waals surface area (Å²) in [4.78, 5) is 4.27. The van der Waals surface area contributed by atoms with E-state index in [1.165, 1.54) is 24.0 Å². The van der Waals surface area contributed by atoms with Crippen molar-refractivity contribution in [3.05, 3.63) is 42.2 Å². The van der Waals surface area contributed by atoms with Gasteiger partial charge in [0.25, 0.3) is 0 Å².